The van der Waals surface area contributed by atoms with Crippen molar-refractivity contribution in [3.8, 4) is 5.75 Å². The summed E-state index contributed by atoms with van der Waals surface area (Å²) in [5, 5.41) is 0.729. The zero-order valence-corrected chi connectivity index (χ0v) is 15.9. The van der Waals surface area contributed by atoms with Crippen LogP contribution < -0.4 is 4.74 Å². The summed E-state index contributed by atoms with van der Waals surface area (Å²) >= 11 is 1.40. The minimum Gasteiger partial charge on any atom is -0.494 e. The van der Waals surface area contributed by atoms with Crippen molar-refractivity contribution in [1.29, 1.82) is 0 Å². The molecular weight excluding hydrogens is 350 g/mol. The van der Waals surface area contributed by atoms with Gasteiger partial charge in [-0.2, -0.15) is 4.99 Å². The number of ether oxygens (including phenoxy) is 1. The molecular formula is C19H23N3O3S. The molecule has 7 heteroatoms. The van der Waals surface area contributed by atoms with E-state index in [1.54, 1.807) is 6.92 Å². The van der Waals surface area contributed by atoms with Crippen LogP contribution in [0, 0.1) is 0 Å². The molecule has 0 aromatic heterocycles. The fourth-order valence-electron chi connectivity index (χ4n) is 2.78. The quantitative estimate of drug-likeness (QED) is 0.759. The summed E-state index contributed by atoms with van der Waals surface area (Å²) in [4.78, 5) is 32.3. The van der Waals surface area contributed by atoms with Crippen molar-refractivity contribution in [3.63, 3.8) is 0 Å². The van der Waals surface area contributed by atoms with Crippen LogP contribution in [0.2, 0.25) is 0 Å². The number of hydrogen-bond donors (Lipinski definition) is 0. The summed E-state index contributed by atoms with van der Waals surface area (Å²) in [5.74, 6) is 0.721. The van der Waals surface area contributed by atoms with Gasteiger partial charge in [0.05, 0.1) is 11.5 Å². The molecule has 1 aromatic rings. The first kappa shape index (κ1) is 18.5. The second-order valence-corrected chi connectivity index (χ2v) is 7.23. The van der Waals surface area contributed by atoms with Crippen LogP contribution in [0.4, 0.5) is 0 Å². The maximum Gasteiger partial charge on any atom is 0.286 e. The van der Waals surface area contributed by atoms with Crippen molar-refractivity contribution in [3.05, 3.63) is 34.7 Å². The van der Waals surface area contributed by atoms with E-state index >= 15 is 0 Å². The van der Waals surface area contributed by atoms with Crippen LogP contribution in [0.1, 0.15) is 25.8 Å². The number of carbonyl (C=O) groups is 2. The van der Waals surface area contributed by atoms with Crippen molar-refractivity contribution < 1.29 is 14.3 Å². The van der Waals surface area contributed by atoms with Crippen molar-refractivity contribution in [2.75, 3.05) is 32.8 Å². The van der Waals surface area contributed by atoms with Crippen LogP contribution in [0.25, 0.3) is 6.08 Å². The average Bonchev–Trinajstić information content (AvgIpc) is 3.02. The molecule has 3 rings (SSSR count). The van der Waals surface area contributed by atoms with Crippen LogP contribution >= 0.6 is 11.8 Å². The molecule has 0 aliphatic carbocycles. The highest BCUT2D eigenvalue weighted by molar-refractivity contribution is 8.18. The van der Waals surface area contributed by atoms with E-state index < -0.39 is 0 Å². The van der Waals surface area contributed by atoms with E-state index in [0.29, 0.717) is 37.7 Å². The highest BCUT2D eigenvalue weighted by Crippen LogP contribution is 2.31. The van der Waals surface area contributed by atoms with E-state index in [9.17, 15) is 9.59 Å². The molecule has 1 saturated heterocycles. The fourth-order valence-corrected chi connectivity index (χ4v) is 3.74. The van der Waals surface area contributed by atoms with Crippen LogP contribution in [0.15, 0.2) is 34.2 Å². The van der Waals surface area contributed by atoms with Crippen LogP contribution in [-0.2, 0) is 9.59 Å². The molecule has 0 bridgehead atoms. The fraction of sp³-hybridized carbons (Fsp3) is 0.421. The number of benzene rings is 1. The third kappa shape index (κ3) is 4.46. The SMILES string of the molecule is CCCOc1ccc(/C=C2/SC(N3CCN(C(C)=O)CC3)=NC2=O)cc1. The number of piperazine rings is 1. The lowest BCUT2D eigenvalue weighted by atomic mass is 10.2. The van der Waals surface area contributed by atoms with Gasteiger partial charge in [0.1, 0.15) is 5.75 Å². The van der Waals surface area contributed by atoms with E-state index in [1.807, 2.05) is 35.2 Å². The molecule has 2 aliphatic rings. The standard InChI is InChI=1S/C19H23N3O3S/c1-3-12-25-16-6-4-15(5-7-16)13-17-18(24)20-19(26-17)22-10-8-21(9-11-22)14(2)23/h4-7,13H,3,8-12H2,1-2H3/b17-13+. The summed E-state index contributed by atoms with van der Waals surface area (Å²) in [5.41, 5.74) is 0.947. The molecule has 0 radical (unpaired) electrons. The summed E-state index contributed by atoms with van der Waals surface area (Å²) in [6.45, 7) is 7.09. The predicted molar refractivity (Wildman–Crippen MR) is 104 cm³/mol. The van der Waals surface area contributed by atoms with Gasteiger partial charge in [0.25, 0.3) is 5.91 Å². The molecule has 26 heavy (non-hydrogen) atoms. The Labute approximate surface area is 157 Å². The summed E-state index contributed by atoms with van der Waals surface area (Å²) in [7, 11) is 0. The first-order valence-electron chi connectivity index (χ1n) is 8.82. The molecule has 0 unspecified atom stereocenters. The third-order valence-electron chi connectivity index (χ3n) is 4.26. The molecule has 0 spiro atoms. The van der Waals surface area contributed by atoms with Crippen molar-refractivity contribution in [1.82, 2.24) is 9.80 Å². The molecule has 138 valence electrons. The molecule has 2 aliphatic heterocycles. The first-order valence-corrected chi connectivity index (χ1v) is 9.64. The number of rotatable bonds is 4. The second-order valence-electron chi connectivity index (χ2n) is 6.22. The van der Waals surface area contributed by atoms with Gasteiger partial charge in [-0.3, -0.25) is 9.59 Å². The predicted octanol–water partition coefficient (Wildman–Crippen LogP) is 2.61. The Morgan fingerprint density at radius 3 is 2.54 bits per heavy atom. The highest BCUT2D eigenvalue weighted by Gasteiger charge is 2.28. The van der Waals surface area contributed by atoms with Gasteiger partial charge in [0.2, 0.25) is 5.91 Å². The number of hydrogen-bond acceptors (Lipinski definition) is 5. The Morgan fingerprint density at radius 2 is 1.92 bits per heavy atom. The third-order valence-corrected chi connectivity index (χ3v) is 5.30. The Hall–Kier alpha value is -2.28. The van der Waals surface area contributed by atoms with Gasteiger partial charge in [-0.15, -0.1) is 0 Å². The zero-order chi connectivity index (χ0) is 18.5. The maximum atomic E-state index is 12.2. The van der Waals surface area contributed by atoms with Gasteiger partial charge in [-0.05, 0) is 42.0 Å². The summed E-state index contributed by atoms with van der Waals surface area (Å²) in [6, 6.07) is 7.70. The normalized spacial score (nSPS) is 19.1. The number of nitrogens with zero attached hydrogens (tertiary/aromatic N) is 3. The Bertz CT molecular complexity index is 735. The number of carbonyl (C=O) groups excluding carboxylic acids is 2. The van der Waals surface area contributed by atoms with E-state index in [1.165, 1.54) is 11.8 Å². The first-order chi connectivity index (χ1) is 12.6. The van der Waals surface area contributed by atoms with E-state index in [2.05, 4.69) is 16.8 Å². The Kier molecular flexibility index (Phi) is 5.98. The lowest BCUT2D eigenvalue weighted by molar-refractivity contribution is -0.130. The lowest BCUT2D eigenvalue weighted by Gasteiger charge is -2.34. The molecule has 1 fully saturated rings. The van der Waals surface area contributed by atoms with E-state index in [-0.39, 0.29) is 11.8 Å². The number of thioether (sulfide) groups is 1. The van der Waals surface area contributed by atoms with Crippen molar-refractivity contribution in [2.24, 2.45) is 4.99 Å². The smallest absolute Gasteiger partial charge is 0.286 e. The van der Waals surface area contributed by atoms with Gasteiger partial charge in [0, 0.05) is 33.1 Å². The van der Waals surface area contributed by atoms with E-state index in [4.69, 9.17) is 4.74 Å². The Morgan fingerprint density at radius 1 is 1.23 bits per heavy atom. The van der Waals surface area contributed by atoms with Crippen molar-refractivity contribution >= 4 is 34.8 Å². The van der Waals surface area contributed by atoms with Gasteiger partial charge >= 0.3 is 0 Å². The Balaban J connectivity index is 1.61. The monoisotopic (exact) mass is 373 g/mol. The molecule has 0 atom stereocenters. The highest BCUT2D eigenvalue weighted by atomic mass is 32.2. The average molecular weight is 373 g/mol. The number of amides is 2. The number of aliphatic imine (C=N–C) groups is 1. The number of amidine groups is 1. The van der Waals surface area contributed by atoms with Crippen LogP contribution in [0.5, 0.6) is 5.75 Å². The van der Waals surface area contributed by atoms with Gasteiger partial charge in [0.15, 0.2) is 5.17 Å². The molecule has 6 nitrogen and oxygen atoms in total. The minimum atomic E-state index is -0.203. The molecule has 2 heterocycles. The second kappa shape index (κ2) is 8.40. The van der Waals surface area contributed by atoms with Crippen LogP contribution in [-0.4, -0.2) is 59.6 Å². The molecule has 1 aromatic carbocycles. The molecule has 2 amide bonds. The topological polar surface area (TPSA) is 62.2 Å². The maximum absolute atomic E-state index is 12.2. The lowest BCUT2D eigenvalue weighted by Crippen LogP contribution is -2.49. The zero-order valence-electron chi connectivity index (χ0n) is 15.1. The van der Waals surface area contributed by atoms with Crippen LogP contribution in [0.3, 0.4) is 0 Å². The minimum absolute atomic E-state index is 0.0914. The van der Waals surface area contributed by atoms with E-state index in [0.717, 1.165) is 22.9 Å². The largest absolute Gasteiger partial charge is 0.494 e. The van der Waals surface area contributed by atoms with Gasteiger partial charge < -0.3 is 14.5 Å². The molecule has 0 saturated carbocycles. The van der Waals surface area contributed by atoms with Gasteiger partial charge in [-0.25, -0.2) is 0 Å². The summed E-state index contributed by atoms with van der Waals surface area (Å²) < 4.78 is 5.57. The summed E-state index contributed by atoms with van der Waals surface area (Å²) in [6.07, 6.45) is 2.83. The van der Waals surface area contributed by atoms with Crippen molar-refractivity contribution in [2.45, 2.75) is 20.3 Å². The molecule has 0 N–H and O–H groups in total. The van der Waals surface area contributed by atoms with Gasteiger partial charge in [-0.1, -0.05) is 19.1 Å².